The quantitative estimate of drug-likeness (QED) is 0.566. The van der Waals surface area contributed by atoms with Crippen molar-refractivity contribution in [3.63, 3.8) is 0 Å². The number of fused-ring (bicyclic) bond motifs is 1. The van der Waals surface area contributed by atoms with Crippen LogP contribution in [0.4, 0.5) is 15.2 Å². The molecule has 0 unspecified atom stereocenters. The number of rotatable bonds is 7. The Balaban J connectivity index is 1.60. The third-order valence-corrected chi connectivity index (χ3v) is 5.38. The predicted octanol–water partition coefficient (Wildman–Crippen LogP) is 4.14. The molecule has 2 aromatic heterocycles. The number of hydrogen-bond acceptors (Lipinski definition) is 8. The van der Waals surface area contributed by atoms with Crippen LogP contribution in [0.25, 0.3) is 11.4 Å². The zero-order valence-electron chi connectivity index (χ0n) is 15.6. The van der Waals surface area contributed by atoms with Gasteiger partial charge in [-0.2, -0.15) is 0 Å². The molecule has 0 bridgehead atoms. The summed E-state index contributed by atoms with van der Waals surface area (Å²) in [6.07, 6.45) is 1.68. The lowest BCUT2D eigenvalue weighted by atomic mass is 9.99. The summed E-state index contributed by atoms with van der Waals surface area (Å²) in [5.74, 6) is -0.240. The van der Waals surface area contributed by atoms with Gasteiger partial charge in [-0.15, -0.1) is 11.3 Å². The second-order valence-electron chi connectivity index (χ2n) is 6.39. The average molecular weight is 447 g/mol. The number of hydrogen-bond donors (Lipinski definition) is 2. The standard InChI is InChI=1S/C20H16ClFN4O3S/c21-14-8-12(1-2-15(14)22)29-9-11-7-17(28)13-3-4-23-19(18(13)25-11)16-10-30-20(26-16)24-5-6-27/h1-4,8,10,27H,5-7,9H2,(H,24,26). The molecule has 0 saturated carbocycles. The Hall–Kier alpha value is -2.88. The lowest BCUT2D eigenvalue weighted by molar-refractivity contribution is 0.0998. The van der Waals surface area contributed by atoms with Crippen molar-refractivity contribution < 1.29 is 19.0 Å². The molecule has 0 aliphatic carbocycles. The maximum Gasteiger partial charge on any atom is 0.183 e. The molecule has 0 spiro atoms. The zero-order valence-corrected chi connectivity index (χ0v) is 17.1. The van der Waals surface area contributed by atoms with Crippen molar-refractivity contribution >= 4 is 45.3 Å². The summed E-state index contributed by atoms with van der Waals surface area (Å²) in [4.78, 5) is 26.1. The minimum absolute atomic E-state index is 0.00464. The maximum absolute atomic E-state index is 13.3. The van der Waals surface area contributed by atoms with E-state index in [9.17, 15) is 9.18 Å². The lowest BCUT2D eigenvalue weighted by Crippen LogP contribution is -2.20. The monoisotopic (exact) mass is 446 g/mol. The van der Waals surface area contributed by atoms with Crippen LogP contribution in [0.3, 0.4) is 0 Å². The van der Waals surface area contributed by atoms with E-state index in [2.05, 4.69) is 20.3 Å². The van der Waals surface area contributed by atoms with Crippen molar-refractivity contribution in [2.24, 2.45) is 4.99 Å². The molecule has 1 aromatic carbocycles. The minimum atomic E-state index is -0.532. The Bertz CT molecular complexity index is 1130. The zero-order chi connectivity index (χ0) is 21.1. The first-order chi connectivity index (χ1) is 14.5. The lowest BCUT2D eigenvalue weighted by Gasteiger charge is -2.17. The number of ether oxygens (including phenoxy) is 1. The Morgan fingerprint density at radius 2 is 2.20 bits per heavy atom. The second kappa shape index (κ2) is 8.86. The van der Waals surface area contributed by atoms with E-state index in [0.29, 0.717) is 45.8 Å². The van der Waals surface area contributed by atoms with E-state index < -0.39 is 5.82 Å². The van der Waals surface area contributed by atoms with Gasteiger partial charge in [-0.3, -0.25) is 14.8 Å². The van der Waals surface area contributed by atoms with Gasteiger partial charge in [-0.05, 0) is 18.2 Å². The topological polar surface area (TPSA) is 96.7 Å². The third kappa shape index (κ3) is 4.33. The largest absolute Gasteiger partial charge is 0.488 e. The van der Waals surface area contributed by atoms with Gasteiger partial charge in [0.25, 0.3) is 0 Å². The van der Waals surface area contributed by atoms with E-state index in [1.807, 2.05) is 5.38 Å². The fourth-order valence-electron chi connectivity index (χ4n) is 2.90. The van der Waals surface area contributed by atoms with Crippen molar-refractivity contribution in [3.05, 3.63) is 52.2 Å². The summed E-state index contributed by atoms with van der Waals surface area (Å²) in [6.45, 7) is 0.440. The van der Waals surface area contributed by atoms with Crippen LogP contribution >= 0.6 is 22.9 Å². The van der Waals surface area contributed by atoms with Crippen LogP contribution < -0.4 is 10.1 Å². The predicted molar refractivity (Wildman–Crippen MR) is 114 cm³/mol. The highest BCUT2D eigenvalue weighted by Gasteiger charge is 2.25. The number of pyridine rings is 1. The Labute approximate surface area is 180 Å². The molecule has 0 radical (unpaired) electrons. The summed E-state index contributed by atoms with van der Waals surface area (Å²) in [5, 5.41) is 14.3. The van der Waals surface area contributed by atoms with Crippen LogP contribution in [0.5, 0.6) is 5.75 Å². The maximum atomic E-state index is 13.3. The fourth-order valence-corrected chi connectivity index (χ4v) is 3.80. The van der Waals surface area contributed by atoms with E-state index in [1.54, 1.807) is 12.3 Å². The summed E-state index contributed by atoms with van der Waals surface area (Å²) in [6, 6.07) is 5.69. The molecule has 0 saturated heterocycles. The van der Waals surface area contributed by atoms with Crippen molar-refractivity contribution in [2.75, 3.05) is 25.1 Å². The number of carbonyl (C=O) groups is 1. The second-order valence-corrected chi connectivity index (χ2v) is 7.65. The summed E-state index contributed by atoms with van der Waals surface area (Å²) < 4.78 is 18.9. The van der Waals surface area contributed by atoms with Gasteiger partial charge in [0.15, 0.2) is 10.9 Å². The molecule has 4 rings (SSSR count). The fraction of sp³-hybridized carbons (Fsp3) is 0.200. The molecule has 154 valence electrons. The highest BCUT2D eigenvalue weighted by Crippen LogP contribution is 2.36. The van der Waals surface area contributed by atoms with Gasteiger partial charge < -0.3 is 15.2 Å². The molecule has 0 amide bonds. The molecule has 30 heavy (non-hydrogen) atoms. The van der Waals surface area contributed by atoms with Crippen molar-refractivity contribution in [2.45, 2.75) is 6.42 Å². The number of carbonyl (C=O) groups excluding carboxylic acids is 1. The third-order valence-electron chi connectivity index (χ3n) is 4.29. The van der Waals surface area contributed by atoms with Gasteiger partial charge in [-0.1, -0.05) is 11.6 Å². The molecule has 2 N–H and O–H groups in total. The van der Waals surface area contributed by atoms with Gasteiger partial charge >= 0.3 is 0 Å². The first kappa shape index (κ1) is 20.4. The molecular weight excluding hydrogens is 431 g/mol. The SMILES string of the molecule is O=C1CC(COc2ccc(F)c(Cl)c2)=Nc2c1ccnc2-c1csc(NCCO)n1. The Morgan fingerprint density at radius 3 is 3.00 bits per heavy atom. The summed E-state index contributed by atoms with van der Waals surface area (Å²) >= 11 is 7.15. The molecular formula is C20H16ClFN4O3S. The first-order valence-electron chi connectivity index (χ1n) is 9.02. The number of nitrogens with one attached hydrogen (secondary N) is 1. The van der Waals surface area contributed by atoms with E-state index in [1.165, 1.54) is 29.5 Å². The number of aliphatic imine (C=N–C) groups is 1. The van der Waals surface area contributed by atoms with Gasteiger partial charge in [0.2, 0.25) is 0 Å². The van der Waals surface area contributed by atoms with Crippen LogP contribution in [0, 0.1) is 5.82 Å². The molecule has 3 aromatic rings. The summed E-state index contributed by atoms with van der Waals surface area (Å²) in [7, 11) is 0. The van der Waals surface area contributed by atoms with Crippen molar-refractivity contribution in [1.82, 2.24) is 9.97 Å². The number of Topliss-reactive ketones (excluding diaryl/α,β-unsaturated/α-hetero) is 1. The number of aromatic nitrogens is 2. The van der Waals surface area contributed by atoms with E-state index in [4.69, 9.17) is 21.4 Å². The molecule has 0 atom stereocenters. The highest BCUT2D eigenvalue weighted by molar-refractivity contribution is 7.14. The minimum Gasteiger partial charge on any atom is -0.488 e. The number of thiazole rings is 1. The van der Waals surface area contributed by atoms with Crippen molar-refractivity contribution in [1.29, 1.82) is 0 Å². The van der Waals surface area contributed by atoms with Crippen LogP contribution in [0.2, 0.25) is 5.02 Å². The van der Waals surface area contributed by atoms with Crippen LogP contribution in [0.15, 0.2) is 40.8 Å². The Kier molecular flexibility index (Phi) is 6.03. The number of halogens is 2. The number of benzene rings is 1. The number of aliphatic hydroxyl groups is 1. The first-order valence-corrected chi connectivity index (χ1v) is 10.3. The van der Waals surface area contributed by atoms with Crippen LogP contribution in [-0.4, -0.2) is 46.3 Å². The van der Waals surface area contributed by atoms with Crippen LogP contribution in [0.1, 0.15) is 16.8 Å². The number of anilines is 1. The van der Waals surface area contributed by atoms with Gasteiger partial charge in [0.1, 0.15) is 35.2 Å². The average Bonchev–Trinajstić information content (AvgIpc) is 3.21. The number of aliphatic hydroxyl groups excluding tert-OH is 1. The van der Waals surface area contributed by atoms with E-state index in [0.717, 1.165) is 0 Å². The molecule has 10 heteroatoms. The molecule has 7 nitrogen and oxygen atoms in total. The van der Waals surface area contributed by atoms with Gasteiger partial charge in [0.05, 0.1) is 23.8 Å². The smallest absolute Gasteiger partial charge is 0.183 e. The normalized spacial score (nSPS) is 13.0. The molecule has 1 aliphatic heterocycles. The molecule has 3 heterocycles. The van der Waals surface area contributed by atoms with Gasteiger partial charge in [-0.25, -0.2) is 9.37 Å². The number of ketones is 1. The molecule has 0 fully saturated rings. The van der Waals surface area contributed by atoms with E-state index >= 15 is 0 Å². The van der Waals surface area contributed by atoms with Crippen molar-refractivity contribution in [3.8, 4) is 17.1 Å². The van der Waals surface area contributed by atoms with Gasteiger partial charge in [0, 0.05) is 29.8 Å². The Morgan fingerprint density at radius 1 is 1.33 bits per heavy atom. The van der Waals surface area contributed by atoms with E-state index in [-0.39, 0.29) is 30.4 Å². The van der Waals surface area contributed by atoms with Crippen LogP contribution in [-0.2, 0) is 0 Å². The molecule has 1 aliphatic rings. The number of nitrogens with zero attached hydrogens (tertiary/aromatic N) is 3. The highest BCUT2D eigenvalue weighted by atomic mass is 35.5. The summed E-state index contributed by atoms with van der Waals surface area (Å²) in [5.41, 5.74) is 2.53.